The number of nitriles is 2. The summed E-state index contributed by atoms with van der Waals surface area (Å²) in [7, 11) is 0.939. The molecule has 0 saturated carbocycles. The van der Waals surface area contributed by atoms with Gasteiger partial charge in [-0.3, -0.25) is 0 Å². The van der Waals surface area contributed by atoms with E-state index in [1.807, 2.05) is 6.07 Å². The smallest absolute Gasteiger partial charge is 0.261 e. The molecule has 0 aliphatic heterocycles. The first-order chi connectivity index (χ1) is 10.8. The minimum Gasteiger partial charge on any atom is -0.453 e. The molecule has 0 atom stereocenters. The molecule has 0 radical (unpaired) electrons. The van der Waals surface area contributed by atoms with Crippen LogP contribution >= 0.6 is 22.3 Å². The van der Waals surface area contributed by atoms with Crippen LogP contribution in [0.2, 0.25) is 5.02 Å². The van der Waals surface area contributed by atoms with Gasteiger partial charge in [0.1, 0.15) is 17.9 Å². The van der Waals surface area contributed by atoms with Crippen LogP contribution in [0.3, 0.4) is 0 Å². The van der Waals surface area contributed by atoms with Crippen molar-refractivity contribution in [1.82, 2.24) is 0 Å². The number of nitrogens with zero attached hydrogens (tertiary/aromatic N) is 2. The zero-order chi connectivity index (χ0) is 17.2. The standard InChI is InChI=1S/C14H5Cl2FN2O3S/c15-12-4-10(2-1-8(12)6-18)22-14-9(7-19)3-11(5-13(14)17)23(16,20)21/h1-5H. The molecule has 2 aromatic rings. The number of rotatable bonds is 3. The molecule has 0 aromatic heterocycles. The molecule has 0 aliphatic carbocycles. The van der Waals surface area contributed by atoms with Crippen molar-refractivity contribution in [2.75, 3.05) is 0 Å². The fourth-order valence-electron chi connectivity index (χ4n) is 1.66. The summed E-state index contributed by atoms with van der Waals surface area (Å²) in [5.41, 5.74) is -0.159. The lowest BCUT2D eigenvalue weighted by atomic mass is 10.2. The van der Waals surface area contributed by atoms with E-state index in [0.29, 0.717) is 6.07 Å². The third kappa shape index (κ3) is 3.72. The first-order valence-corrected chi connectivity index (χ1v) is 8.51. The summed E-state index contributed by atoms with van der Waals surface area (Å²) in [4.78, 5) is -0.557. The Morgan fingerprint density at radius 2 is 1.74 bits per heavy atom. The van der Waals surface area contributed by atoms with E-state index in [1.165, 1.54) is 18.2 Å². The van der Waals surface area contributed by atoms with Crippen LogP contribution in [0.1, 0.15) is 11.1 Å². The molecular weight excluding hydrogens is 366 g/mol. The SMILES string of the molecule is N#Cc1ccc(Oc2c(F)cc(S(=O)(=O)Cl)cc2C#N)cc1Cl. The van der Waals surface area contributed by atoms with E-state index in [0.717, 1.165) is 6.07 Å². The predicted octanol–water partition coefficient (Wildman–Crippen LogP) is 3.94. The highest BCUT2D eigenvalue weighted by atomic mass is 35.7. The molecule has 0 amide bonds. The monoisotopic (exact) mass is 370 g/mol. The Morgan fingerprint density at radius 3 is 2.26 bits per heavy atom. The van der Waals surface area contributed by atoms with Gasteiger partial charge in [-0.2, -0.15) is 10.5 Å². The minimum atomic E-state index is -4.19. The summed E-state index contributed by atoms with van der Waals surface area (Å²) < 4.78 is 41.8. The second-order valence-corrected chi connectivity index (χ2v) is 7.16. The maximum atomic E-state index is 14.1. The summed E-state index contributed by atoms with van der Waals surface area (Å²) >= 11 is 5.84. The number of benzene rings is 2. The Labute approximate surface area is 140 Å². The van der Waals surface area contributed by atoms with Crippen LogP contribution in [0.15, 0.2) is 35.2 Å². The molecule has 0 bridgehead atoms. The van der Waals surface area contributed by atoms with Gasteiger partial charge >= 0.3 is 0 Å². The van der Waals surface area contributed by atoms with Crippen molar-refractivity contribution in [3.63, 3.8) is 0 Å². The topological polar surface area (TPSA) is 90.9 Å². The number of hydrogen-bond acceptors (Lipinski definition) is 5. The van der Waals surface area contributed by atoms with Gasteiger partial charge in [-0.15, -0.1) is 0 Å². The van der Waals surface area contributed by atoms with Crippen LogP contribution in [0.5, 0.6) is 11.5 Å². The minimum absolute atomic E-state index is 0.0749. The molecule has 0 unspecified atom stereocenters. The molecule has 0 heterocycles. The third-order valence-electron chi connectivity index (χ3n) is 2.70. The largest absolute Gasteiger partial charge is 0.453 e. The lowest BCUT2D eigenvalue weighted by molar-refractivity contribution is 0.439. The lowest BCUT2D eigenvalue weighted by Crippen LogP contribution is -1.98. The fraction of sp³-hybridized carbons (Fsp3) is 0. The van der Waals surface area contributed by atoms with Crippen molar-refractivity contribution in [3.05, 3.63) is 52.3 Å². The highest BCUT2D eigenvalue weighted by molar-refractivity contribution is 8.13. The van der Waals surface area contributed by atoms with Crippen LogP contribution < -0.4 is 4.74 Å². The Morgan fingerprint density at radius 1 is 1.09 bits per heavy atom. The van der Waals surface area contributed by atoms with E-state index >= 15 is 0 Å². The van der Waals surface area contributed by atoms with Crippen LogP contribution in [0.4, 0.5) is 4.39 Å². The number of hydrogen-bond donors (Lipinski definition) is 0. The zero-order valence-electron chi connectivity index (χ0n) is 11.0. The fourth-order valence-corrected chi connectivity index (χ4v) is 2.65. The van der Waals surface area contributed by atoms with Gasteiger partial charge in [0.05, 0.1) is 21.0 Å². The quantitative estimate of drug-likeness (QED) is 0.762. The van der Waals surface area contributed by atoms with E-state index in [1.54, 1.807) is 6.07 Å². The van der Waals surface area contributed by atoms with Gasteiger partial charge in [-0.25, -0.2) is 12.8 Å². The van der Waals surface area contributed by atoms with Crippen molar-refractivity contribution in [2.45, 2.75) is 4.90 Å². The van der Waals surface area contributed by atoms with Gasteiger partial charge in [-0.1, -0.05) is 11.6 Å². The molecule has 2 rings (SSSR count). The highest BCUT2D eigenvalue weighted by Gasteiger charge is 2.19. The van der Waals surface area contributed by atoms with Crippen LogP contribution in [-0.2, 0) is 9.05 Å². The van der Waals surface area contributed by atoms with Crippen molar-refractivity contribution in [2.24, 2.45) is 0 Å². The lowest BCUT2D eigenvalue weighted by Gasteiger charge is -2.10. The van der Waals surface area contributed by atoms with E-state index in [9.17, 15) is 12.8 Å². The predicted molar refractivity (Wildman–Crippen MR) is 80.4 cm³/mol. The second-order valence-electron chi connectivity index (χ2n) is 4.19. The van der Waals surface area contributed by atoms with Crippen molar-refractivity contribution >= 4 is 31.3 Å². The molecular formula is C14H5Cl2FN2O3S. The maximum absolute atomic E-state index is 14.1. The number of ether oxygens (including phenoxy) is 1. The summed E-state index contributed by atoms with van der Waals surface area (Å²) in [5, 5.41) is 17.9. The van der Waals surface area contributed by atoms with Gasteiger partial charge in [0.15, 0.2) is 11.6 Å². The van der Waals surface area contributed by atoms with E-state index in [4.69, 9.17) is 37.5 Å². The molecule has 5 nitrogen and oxygen atoms in total. The first-order valence-electron chi connectivity index (χ1n) is 5.82. The second kappa shape index (κ2) is 6.43. The van der Waals surface area contributed by atoms with Crippen molar-refractivity contribution < 1.29 is 17.5 Å². The molecule has 116 valence electrons. The Balaban J connectivity index is 2.51. The molecule has 23 heavy (non-hydrogen) atoms. The average molecular weight is 371 g/mol. The third-order valence-corrected chi connectivity index (χ3v) is 4.35. The molecule has 9 heteroatoms. The Kier molecular flexibility index (Phi) is 4.76. The molecule has 0 fully saturated rings. The average Bonchev–Trinajstić information content (AvgIpc) is 2.48. The van der Waals surface area contributed by atoms with Gasteiger partial charge in [0.2, 0.25) is 0 Å². The molecule has 2 aromatic carbocycles. The zero-order valence-corrected chi connectivity index (χ0v) is 13.4. The van der Waals surface area contributed by atoms with E-state index < -0.39 is 25.5 Å². The van der Waals surface area contributed by atoms with Gasteiger partial charge in [0, 0.05) is 16.7 Å². The van der Waals surface area contributed by atoms with Crippen LogP contribution in [0.25, 0.3) is 0 Å². The summed E-state index contributed by atoms with van der Waals surface area (Å²) in [6.07, 6.45) is 0. The van der Waals surface area contributed by atoms with E-state index in [-0.39, 0.29) is 21.9 Å². The van der Waals surface area contributed by atoms with Gasteiger partial charge in [-0.05, 0) is 24.3 Å². The number of halogens is 3. The molecule has 0 spiro atoms. The Bertz CT molecular complexity index is 979. The molecule has 0 saturated heterocycles. The first kappa shape index (κ1) is 17.0. The van der Waals surface area contributed by atoms with Crippen molar-refractivity contribution in [3.8, 4) is 23.6 Å². The van der Waals surface area contributed by atoms with Crippen LogP contribution in [0, 0.1) is 28.5 Å². The van der Waals surface area contributed by atoms with Crippen molar-refractivity contribution in [1.29, 1.82) is 10.5 Å². The van der Waals surface area contributed by atoms with Crippen LogP contribution in [-0.4, -0.2) is 8.42 Å². The summed E-state index contributed by atoms with van der Waals surface area (Å²) in [5.74, 6) is -1.48. The summed E-state index contributed by atoms with van der Waals surface area (Å²) in [6.45, 7) is 0. The normalized spacial score (nSPS) is 10.7. The van der Waals surface area contributed by atoms with E-state index in [2.05, 4.69) is 0 Å². The van der Waals surface area contributed by atoms with Gasteiger partial charge < -0.3 is 4.74 Å². The highest BCUT2D eigenvalue weighted by Crippen LogP contribution is 2.33. The van der Waals surface area contributed by atoms with Gasteiger partial charge in [0.25, 0.3) is 9.05 Å². The maximum Gasteiger partial charge on any atom is 0.261 e. The summed E-state index contributed by atoms with van der Waals surface area (Å²) in [6, 6.07) is 9.01. The molecule has 0 N–H and O–H groups in total. The molecule has 0 aliphatic rings. The Hall–Kier alpha value is -2.32.